The number of para-hydroxylation sites is 1. The van der Waals surface area contributed by atoms with Crippen LogP contribution in [0.25, 0.3) is 0 Å². The van der Waals surface area contributed by atoms with Crippen LogP contribution in [0.2, 0.25) is 0 Å². The summed E-state index contributed by atoms with van der Waals surface area (Å²) in [6.07, 6.45) is 5.54. The van der Waals surface area contributed by atoms with E-state index >= 15 is 0 Å². The van der Waals surface area contributed by atoms with Crippen LogP contribution in [0, 0.1) is 0 Å². The zero-order chi connectivity index (χ0) is 39.1. The first-order valence-corrected chi connectivity index (χ1v) is 19.2. The van der Waals surface area contributed by atoms with Gasteiger partial charge in [-0.25, -0.2) is 9.59 Å². The number of nitrogens with one attached hydrogen (secondary N) is 3. The molecule has 5 aromatic rings. The van der Waals surface area contributed by atoms with Crippen LogP contribution >= 0.6 is 0 Å². The molecule has 0 spiro atoms. The minimum atomic E-state index is -1.02. The zero-order valence-corrected chi connectivity index (χ0v) is 31.9. The molecule has 0 aliphatic carbocycles. The summed E-state index contributed by atoms with van der Waals surface area (Å²) in [5.41, 5.74) is 3.82. The smallest absolute Gasteiger partial charge is 0.343 e. The molecule has 2 heterocycles. The van der Waals surface area contributed by atoms with Gasteiger partial charge in [0.25, 0.3) is 0 Å². The maximum Gasteiger partial charge on any atom is 0.343 e. The van der Waals surface area contributed by atoms with E-state index in [4.69, 9.17) is 18.9 Å². The van der Waals surface area contributed by atoms with E-state index in [1.165, 1.54) is 0 Å². The van der Waals surface area contributed by atoms with Crippen LogP contribution in [0.15, 0.2) is 103 Å². The molecule has 1 aromatic heterocycles. The molecule has 1 aliphatic rings. The number of carbonyl (C=O) groups excluding carboxylic acids is 1. The van der Waals surface area contributed by atoms with Gasteiger partial charge >= 0.3 is 11.9 Å². The number of ether oxygens (including phenoxy) is 4. The largest absolute Gasteiger partial charge is 0.478 e. The Morgan fingerprint density at radius 3 is 1.95 bits per heavy atom. The van der Waals surface area contributed by atoms with Crippen LogP contribution in [-0.2, 0) is 11.3 Å². The van der Waals surface area contributed by atoms with Gasteiger partial charge in [-0.05, 0) is 85.6 Å². The lowest BCUT2D eigenvalue weighted by atomic mass is 10.1. The minimum Gasteiger partial charge on any atom is -0.478 e. The molecular formula is C44H49N5O7. The number of hydrogen-bond acceptors (Lipinski definition) is 11. The van der Waals surface area contributed by atoms with E-state index in [0.29, 0.717) is 103 Å². The molecular weight excluding hydrogens is 711 g/mol. The van der Waals surface area contributed by atoms with Gasteiger partial charge in [-0.2, -0.15) is 0 Å². The average Bonchev–Trinajstić information content (AvgIpc) is 3.23. The van der Waals surface area contributed by atoms with Crippen molar-refractivity contribution in [2.24, 2.45) is 0 Å². The second-order valence-electron chi connectivity index (χ2n) is 13.3. The third-order valence-corrected chi connectivity index (χ3v) is 9.09. The molecule has 0 amide bonds. The number of aromatic carboxylic acids is 1. The Kier molecular flexibility index (Phi) is 14.0. The van der Waals surface area contributed by atoms with E-state index in [0.717, 1.165) is 31.4 Å². The van der Waals surface area contributed by atoms with Crippen molar-refractivity contribution in [3.05, 3.63) is 120 Å². The Bertz CT molecular complexity index is 2040. The molecule has 0 bridgehead atoms. The molecule has 4 N–H and O–H groups in total. The number of carboxylic acid groups (broad SMARTS) is 1. The Balaban J connectivity index is 1.26. The van der Waals surface area contributed by atoms with Gasteiger partial charge in [0, 0.05) is 32.4 Å². The number of aromatic nitrogens is 1. The lowest BCUT2D eigenvalue weighted by Gasteiger charge is -2.31. The number of anilines is 4. The lowest BCUT2D eigenvalue weighted by Crippen LogP contribution is -2.36. The van der Waals surface area contributed by atoms with Crippen molar-refractivity contribution >= 4 is 34.7 Å². The molecule has 0 unspecified atom stereocenters. The summed E-state index contributed by atoms with van der Waals surface area (Å²) in [5, 5.41) is 20.2. The highest BCUT2D eigenvalue weighted by molar-refractivity contribution is 5.95. The van der Waals surface area contributed by atoms with Crippen molar-refractivity contribution in [1.29, 1.82) is 0 Å². The van der Waals surface area contributed by atoms with Gasteiger partial charge in [-0.15, -0.1) is 0 Å². The van der Waals surface area contributed by atoms with Crippen molar-refractivity contribution < 1.29 is 33.6 Å². The Labute approximate surface area is 327 Å². The molecule has 12 nitrogen and oxygen atoms in total. The van der Waals surface area contributed by atoms with Gasteiger partial charge in [0.1, 0.15) is 17.2 Å². The molecule has 1 fully saturated rings. The number of benzene rings is 4. The summed E-state index contributed by atoms with van der Waals surface area (Å²) in [5.74, 6) is 0.975. The summed E-state index contributed by atoms with van der Waals surface area (Å²) in [6, 6.07) is 28.7. The van der Waals surface area contributed by atoms with E-state index in [1.54, 1.807) is 54.7 Å². The Hall–Kier alpha value is -6.27. The number of carbonyl (C=O) groups is 2. The van der Waals surface area contributed by atoms with Gasteiger partial charge in [0.05, 0.1) is 59.3 Å². The minimum absolute atomic E-state index is 0.165. The first kappa shape index (κ1) is 39.4. The summed E-state index contributed by atoms with van der Waals surface area (Å²) >= 11 is 0. The molecule has 0 radical (unpaired) electrons. The first-order valence-electron chi connectivity index (χ1n) is 19.2. The van der Waals surface area contributed by atoms with Crippen molar-refractivity contribution in [2.75, 3.05) is 60.2 Å². The third kappa shape index (κ3) is 10.7. The van der Waals surface area contributed by atoms with E-state index in [1.807, 2.05) is 48.5 Å². The summed E-state index contributed by atoms with van der Waals surface area (Å²) < 4.78 is 24.4. The van der Waals surface area contributed by atoms with E-state index in [-0.39, 0.29) is 5.56 Å². The van der Waals surface area contributed by atoms with Crippen molar-refractivity contribution in [2.45, 2.75) is 46.1 Å². The molecule has 56 heavy (non-hydrogen) atoms. The van der Waals surface area contributed by atoms with Gasteiger partial charge in [-0.1, -0.05) is 51.0 Å². The first-order chi connectivity index (χ1) is 27.4. The number of carboxylic acids is 1. The number of pyridine rings is 1. The number of morpholine rings is 1. The normalized spacial score (nSPS) is 12.4. The van der Waals surface area contributed by atoms with Crippen LogP contribution in [0.4, 0.5) is 22.7 Å². The molecule has 4 aromatic carbocycles. The average molecular weight is 760 g/mol. The maximum atomic E-state index is 13.8. The van der Waals surface area contributed by atoms with E-state index in [2.05, 4.69) is 39.7 Å². The summed E-state index contributed by atoms with van der Waals surface area (Å²) in [7, 11) is 0. The van der Waals surface area contributed by atoms with E-state index in [9.17, 15) is 14.7 Å². The maximum absolute atomic E-state index is 13.8. The fourth-order valence-electron chi connectivity index (χ4n) is 6.09. The quantitative estimate of drug-likeness (QED) is 0.0362. The summed E-state index contributed by atoms with van der Waals surface area (Å²) in [4.78, 5) is 32.5. The van der Waals surface area contributed by atoms with Crippen molar-refractivity contribution in [1.82, 2.24) is 4.98 Å². The fourth-order valence-corrected chi connectivity index (χ4v) is 6.09. The van der Waals surface area contributed by atoms with E-state index < -0.39 is 11.9 Å². The van der Waals surface area contributed by atoms with Gasteiger partial charge < -0.3 is 44.9 Å². The third-order valence-electron chi connectivity index (χ3n) is 9.09. The number of rotatable bonds is 19. The highest BCUT2D eigenvalue weighted by Crippen LogP contribution is 2.42. The predicted molar refractivity (Wildman–Crippen MR) is 219 cm³/mol. The number of esters is 1. The molecule has 1 saturated heterocycles. The molecule has 292 valence electrons. The number of unbranched alkanes of at least 4 members (excludes halogenated alkanes) is 2. The van der Waals surface area contributed by atoms with Gasteiger partial charge in [-0.3, -0.25) is 4.98 Å². The Morgan fingerprint density at radius 2 is 1.30 bits per heavy atom. The molecule has 1 aliphatic heterocycles. The topological polar surface area (TPSA) is 144 Å². The number of hydrogen-bond donors (Lipinski definition) is 4. The molecule has 6 rings (SSSR count). The second-order valence-corrected chi connectivity index (χ2v) is 13.3. The Morgan fingerprint density at radius 1 is 0.714 bits per heavy atom. The standard InChI is InChI=1S/C44H49N5O7/c1-3-5-19-46-37-27-32(28-38(48-30-33-12-10-11-21-45-33)41(37)54-34-13-8-7-9-14-34)44(52)56-36-17-15-35(16-18-36)55-42-39(47-20-6-4-2)26-31(43(50)51)29-40(42)49-22-24-53-25-23-49/h7-18,21,26-29,46-48H,3-6,19-20,22-25,30H2,1-2H3,(H,50,51). The monoisotopic (exact) mass is 759 g/mol. The van der Waals surface area contributed by atoms with Crippen molar-refractivity contribution in [3.8, 4) is 28.7 Å². The SMILES string of the molecule is CCCCNc1cc(C(=O)Oc2ccc(Oc3c(NCCCC)cc(C(=O)O)cc3N3CCOCC3)cc2)cc(NCc2ccccn2)c1Oc1ccccc1. The highest BCUT2D eigenvalue weighted by Gasteiger charge is 2.23. The van der Waals surface area contributed by atoms with Crippen LogP contribution < -0.4 is 35.1 Å². The molecule has 0 saturated carbocycles. The van der Waals surface area contributed by atoms with Crippen LogP contribution in [0.1, 0.15) is 65.9 Å². The lowest BCUT2D eigenvalue weighted by molar-refractivity contribution is 0.0694. The van der Waals surface area contributed by atoms with Crippen LogP contribution in [0.5, 0.6) is 28.7 Å². The summed E-state index contributed by atoms with van der Waals surface area (Å²) in [6.45, 7) is 8.20. The van der Waals surface area contributed by atoms with Crippen molar-refractivity contribution in [3.63, 3.8) is 0 Å². The predicted octanol–water partition coefficient (Wildman–Crippen LogP) is 9.46. The van der Waals surface area contributed by atoms with Crippen LogP contribution in [0.3, 0.4) is 0 Å². The number of nitrogens with zero attached hydrogens (tertiary/aromatic N) is 2. The van der Waals surface area contributed by atoms with Gasteiger partial charge in [0.15, 0.2) is 11.5 Å². The van der Waals surface area contributed by atoms with Gasteiger partial charge in [0.2, 0.25) is 0 Å². The second kappa shape index (κ2) is 19.9. The zero-order valence-electron chi connectivity index (χ0n) is 31.9. The highest BCUT2D eigenvalue weighted by atomic mass is 16.5. The fraction of sp³-hybridized carbons (Fsp3) is 0.295. The molecule has 0 atom stereocenters. The molecule has 12 heteroatoms. The van der Waals surface area contributed by atoms with Crippen LogP contribution in [-0.4, -0.2) is 61.4 Å².